The van der Waals surface area contributed by atoms with Crippen LogP contribution in [0.3, 0.4) is 0 Å². The Morgan fingerprint density at radius 3 is 1.90 bits per heavy atom. The quantitative estimate of drug-likeness (QED) is 0.875. The maximum Gasteiger partial charge on any atom is 0.203 e. The van der Waals surface area contributed by atoms with Gasteiger partial charge in [0.05, 0.1) is 32.0 Å². The molecule has 0 amide bonds. The van der Waals surface area contributed by atoms with Crippen LogP contribution in [0.15, 0.2) is 30.3 Å². The van der Waals surface area contributed by atoms with Crippen molar-refractivity contribution < 1.29 is 14.2 Å². The summed E-state index contributed by atoms with van der Waals surface area (Å²) in [4.78, 5) is 0. The van der Waals surface area contributed by atoms with Gasteiger partial charge in [-0.3, -0.25) is 0 Å². The molecule has 0 saturated heterocycles. The van der Waals surface area contributed by atoms with E-state index in [0.717, 1.165) is 11.1 Å². The van der Waals surface area contributed by atoms with Gasteiger partial charge in [0.25, 0.3) is 0 Å². The van der Waals surface area contributed by atoms with Crippen LogP contribution in [0, 0.1) is 0 Å². The third-order valence-corrected chi connectivity index (χ3v) is 3.34. The summed E-state index contributed by atoms with van der Waals surface area (Å²) in [5, 5.41) is 0.529. The summed E-state index contributed by atoms with van der Waals surface area (Å²) >= 11 is 5.94. The third-order valence-electron chi connectivity index (χ3n) is 2.99. The molecule has 5 heteroatoms. The van der Waals surface area contributed by atoms with E-state index < -0.39 is 0 Å². The van der Waals surface area contributed by atoms with Crippen LogP contribution in [0.5, 0.6) is 17.2 Å². The van der Waals surface area contributed by atoms with Gasteiger partial charge in [-0.15, -0.1) is 0 Å². The van der Waals surface area contributed by atoms with E-state index in [1.54, 1.807) is 27.4 Å². The minimum atomic E-state index is 0.526. The van der Waals surface area contributed by atoms with Crippen molar-refractivity contribution in [2.45, 2.75) is 0 Å². The van der Waals surface area contributed by atoms with E-state index in [0.29, 0.717) is 28.0 Å². The van der Waals surface area contributed by atoms with Crippen LogP contribution in [0.25, 0.3) is 11.1 Å². The molecule has 0 atom stereocenters. The van der Waals surface area contributed by atoms with Crippen molar-refractivity contribution in [3.8, 4) is 28.4 Å². The second-order valence-electron chi connectivity index (χ2n) is 4.15. The Labute approximate surface area is 123 Å². The molecule has 2 aromatic rings. The van der Waals surface area contributed by atoms with Gasteiger partial charge in [0, 0.05) is 0 Å². The van der Waals surface area contributed by atoms with Gasteiger partial charge in [0.15, 0.2) is 11.5 Å². The van der Waals surface area contributed by atoms with Crippen molar-refractivity contribution in [1.29, 1.82) is 0 Å². The zero-order valence-electron chi connectivity index (χ0n) is 11.6. The van der Waals surface area contributed by atoms with Gasteiger partial charge in [-0.1, -0.05) is 17.7 Å². The van der Waals surface area contributed by atoms with Crippen LogP contribution in [-0.2, 0) is 0 Å². The number of halogens is 1. The molecular formula is C15H16ClNO3. The van der Waals surface area contributed by atoms with Crippen molar-refractivity contribution in [2.24, 2.45) is 0 Å². The van der Waals surface area contributed by atoms with Crippen molar-refractivity contribution in [3.63, 3.8) is 0 Å². The normalized spacial score (nSPS) is 10.2. The highest BCUT2D eigenvalue weighted by molar-refractivity contribution is 6.33. The first-order valence-electron chi connectivity index (χ1n) is 5.96. The molecule has 0 saturated carbocycles. The molecule has 0 unspecified atom stereocenters. The summed E-state index contributed by atoms with van der Waals surface area (Å²) in [5.41, 5.74) is 8.19. The van der Waals surface area contributed by atoms with Crippen LogP contribution in [0.2, 0.25) is 5.02 Å². The molecule has 0 aromatic heterocycles. The van der Waals surface area contributed by atoms with Gasteiger partial charge < -0.3 is 19.9 Å². The van der Waals surface area contributed by atoms with E-state index in [4.69, 9.17) is 31.5 Å². The van der Waals surface area contributed by atoms with Crippen molar-refractivity contribution in [1.82, 2.24) is 0 Å². The molecule has 0 aliphatic carbocycles. The molecule has 0 heterocycles. The smallest absolute Gasteiger partial charge is 0.203 e. The fourth-order valence-electron chi connectivity index (χ4n) is 1.97. The molecule has 0 fully saturated rings. The second kappa shape index (κ2) is 5.92. The average Bonchev–Trinajstić information content (AvgIpc) is 2.48. The number of rotatable bonds is 4. The maximum absolute atomic E-state index is 5.94. The molecule has 106 valence electrons. The monoisotopic (exact) mass is 293 g/mol. The highest BCUT2D eigenvalue weighted by atomic mass is 35.5. The first-order chi connectivity index (χ1) is 9.60. The zero-order valence-corrected chi connectivity index (χ0v) is 12.3. The van der Waals surface area contributed by atoms with Gasteiger partial charge in [-0.2, -0.15) is 0 Å². The highest BCUT2D eigenvalue weighted by Crippen LogP contribution is 2.41. The Morgan fingerprint density at radius 2 is 1.45 bits per heavy atom. The molecule has 0 aliphatic heterocycles. The van der Waals surface area contributed by atoms with Crippen LogP contribution in [0.1, 0.15) is 0 Å². The topological polar surface area (TPSA) is 53.7 Å². The minimum Gasteiger partial charge on any atom is -0.493 e. The maximum atomic E-state index is 5.94. The van der Waals surface area contributed by atoms with Crippen molar-refractivity contribution in [3.05, 3.63) is 35.4 Å². The van der Waals surface area contributed by atoms with E-state index in [1.165, 1.54) is 0 Å². The summed E-state index contributed by atoms with van der Waals surface area (Å²) in [7, 11) is 4.73. The van der Waals surface area contributed by atoms with Crippen LogP contribution in [-0.4, -0.2) is 21.3 Å². The summed E-state index contributed by atoms with van der Waals surface area (Å²) in [5.74, 6) is 1.74. The van der Waals surface area contributed by atoms with E-state index in [9.17, 15) is 0 Å². The second-order valence-corrected chi connectivity index (χ2v) is 4.56. The summed E-state index contributed by atoms with van der Waals surface area (Å²) in [6.45, 7) is 0. The Kier molecular flexibility index (Phi) is 4.25. The number of anilines is 1. The summed E-state index contributed by atoms with van der Waals surface area (Å²) < 4.78 is 16.0. The molecule has 0 radical (unpaired) electrons. The lowest BCUT2D eigenvalue weighted by molar-refractivity contribution is 0.324. The SMILES string of the molecule is COc1cc(-c2ccc(Cl)c(N)c2)cc(OC)c1OC. The molecule has 2 aromatic carbocycles. The number of ether oxygens (including phenoxy) is 3. The fourth-order valence-corrected chi connectivity index (χ4v) is 2.09. The number of nitrogen functional groups attached to an aromatic ring is 1. The zero-order chi connectivity index (χ0) is 14.7. The number of methoxy groups -OCH3 is 3. The largest absolute Gasteiger partial charge is 0.493 e. The molecule has 2 rings (SSSR count). The van der Waals surface area contributed by atoms with Gasteiger partial charge in [0.1, 0.15) is 0 Å². The number of hydrogen-bond donors (Lipinski definition) is 1. The van der Waals surface area contributed by atoms with Crippen LogP contribution in [0.4, 0.5) is 5.69 Å². The number of nitrogens with two attached hydrogens (primary N) is 1. The molecule has 0 aliphatic rings. The summed E-state index contributed by atoms with van der Waals surface area (Å²) in [6.07, 6.45) is 0. The van der Waals surface area contributed by atoms with E-state index in [1.807, 2.05) is 24.3 Å². The van der Waals surface area contributed by atoms with Crippen LogP contribution >= 0.6 is 11.6 Å². The lowest BCUT2D eigenvalue weighted by Crippen LogP contribution is -1.96. The van der Waals surface area contributed by atoms with E-state index in [-0.39, 0.29) is 0 Å². The van der Waals surface area contributed by atoms with Crippen molar-refractivity contribution >= 4 is 17.3 Å². The highest BCUT2D eigenvalue weighted by Gasteiger charge is 2.14. The fraction of sp³-hybridized carbons (Fsp3) is 0.200. The first-order valence-corrected chi connectivity index (χ1v) is 6.34. The first kappa shape index (κ1) is 14.3. The standard InChI is InChI=1S/C15H16ClNO3/c1-18-13-7-10(8-14(19-2)15(13)20-3)9-4-5-11(16)12(17)6-9/h4-8H,17H2,1-3H3. The molecule has 4 nitrogen and oxygen atoms in total. The number of hydrogen-bond acceptors (Lipinski definition) is 4. The lowest BCUT2D eigenvalue weighted by atomic mass is 10.0. The Bertz CT molecular complexity index is 604. The van der Waals surface area contributed by atoms with Crippen molar-refractivity contribution in [2.75, 3.05) is 27.1 Å². The molecule has 0 bridgehead atoms. The van der Waals surface area contributed by atoms with Gasteiger partial charge in [-0.05, 0) is 35.4 Å². The lowest BCUT2D eigenvalue weighted by Gasteiger charge is -2.14. The molecule has 20 heavy (non-hydrogen) atoms. The van der Waals surface area contributed by atoms with Gasteiger partial charge in [0.2, 0.25) is 5.75 Å². The molecule has 2 N–H and O–H groups in total. The third kappa shape index (κ3) is 2.60. The van der Waals surface area contributed by atoms with Crippen LogP contribution < -0.4 is 19.9 Å². The predicted molar refractivity (Wildman–Crippen MR) is 81.0 cm³/mol. The van der Waals surface area contributed by atoms with E-state index >= 15 is 0 Å². The molecular weight excluding hydrogens is 278 g/mol. The predicted octanol–water partition coefficient (Wildman–Crippen LogP) is 3.62. The Hall–Kier alpha value is -2.07. The summed E-state index contributed by atoms with van der Waals surface area (Å²) in [6, 6.07) is 9.19. The van der Waals surface area contributed by atoms with Gasteiger partial charge >= 0.3 is 0 Å². The van der Waals surface area contributed by atoms with Gasteiger partial charge in [-0.25, -0.2) is 0 Å². The van der Waals surface area contributed by atoms with E-state index in [2.05, 4.69) is 0 Å². The minimum absolute atomic E-state index is 0.526. The molecule has 0 spiro atoms. The average molecular weight is 294 g/mol. The Balaban J connectivity index is 2.59. The Morgan fingerprint density at radius 1 is 0.850 bits per heavy atom. The number of benzene rings is 2.